The van der Waals surface area contributed by atoms with Gasteiger partial charge in [-0.1, -0.05) is 35.3 Å². The number of thioether (sulfide) groups is 1. The first-order valence-corrected chi connectivity index (χ1v) is 9.39. The summed E-state index contributed by atoms with van der Waals surface area (Å²) in [7, 11) is 0. The summed E-state index contributed by atoms with van der Waals surface area (Å²) in [4.78, 5) is 24.2. The van der Waals surface area contributed by atoms with Gasteiger partial charge in [0, 0.05) is 10.7 Å². The van der Waals surface area contributed by atoms with Crippen LogP contribution >= 0.6 is 35.0 Å². The third-order valence-electron chi connectivity index (χ3n) is 3.32. The molecule has 0 saturated heterocycles. The first kappa shape index (κ1) is 19.6. The van der Waals surface area contributed by atoms with Gasteiger partial charge in [-0.2, -0.15) is 0 Å². The second kappa shape index (κ2) is 9.13. The van der Waals surface area contributed by atoms with Gasteiger partial charge in [0.1, 0.15) is 0 Å². The van der Waals surface area contributed by atoms with E-state index in [1.165, 1.54) is 11.8 Å². The number of anilines is 2. The lowest BCUT2D eigenvalue weighted by molar-refractivity contribution is -0.115. The van der Waals surface area contributed by atoms with E-state index in [1.54, 1.807) is 25.1 Å². The molecule has 0 heterocycles. The first-order valence-electron chi connectivity index (χ1n) is 7.59. The number of hydrogen-bond donors (Lipinski definition) is 2. The zero-order valence-corrected chi connectivity index (χ0v) is 16.1. The molecule has 2 amide bonds. The first-order chi connectivity index (χ1) is 11.8. The number of hydrogen-bond acceptors (Lipinski definition) is 3. The predicted octanol–water partition coefficient (Wildman–Crippen LogP) is 5.00. The minimum atomic E-state index is -0.418. The summed E-state index contributed by atoms with van der Waals surface area (Å²) >= 11 is 13.2. The van der Waals surface area contributed by atoms with Crippen LogP contribution < -0.4 is 10.6 Å². The van der Waals surface area contributed by atoms with E-state index < -0.39 is 5.25 Å². The second-order valence-electron chi connectivity index (χ2n) is 5.48. The average molecular weight is 397 g/mol. The van der Waals surface area contributed by atoms with Crippen LogP contribution in [-0.4, -0.2) is 22.8 Å². The molecule has 0 radical (unpaired) electrons. The summed E-state index contributed by atoms with van der Waals surface area (Å²) in [6, 6.07) is 12.4. The van der Waals surface area contributed by atoms with Gasteiger partial charge in [-0.05, 0) is 49.7 Å². The van der Waals surface area contributed by atoms with Crippen molar-refractivity contribution in [3.8, 4) is 0 Å². The van der Waals surface area contributed by atoms with Crippen molar-refractivity contribution >= 4 is 58.2 Å². The molecule has 0 spiro atoms. The quantitative estimate of drug-likeness (QED) is 0.721. The Morgan fingerprint density at radius 1 is 1.12 bits per heavy atom. The Balaban J connectivity index is 1.84. The molecule has 25 heavy (non-hydrogen) atoms. The van der Waals surface area contributed by atoms with Gasteiger partial charge in [0.25, 0.3) is 0 Å². The van der Waals surface area contributed by atoms with Gasteiger partial charge in [-0.15, -0.1) is 11.8 Å². The van der Waals surface area contributed by atoms with Gasteiger partial charge in [-0.25, -0.2) is 0 Å². The minimum absolute atomic E-state index is 0.156. The lowest BCUT2D eigenvalue weighted by Gasteiger charge is -2.13. The van der Waals surface area contributed by atoms with Gasteiger partial charge in [0.05, 0.1) is 21.7 Å². The summed E-state index contributed by atoms with van der Waals surface area (Å²) < 4.78 is 0. The highest BCUT2D eigenvalue weighted by atomic mass is 35.5. The zero-order valence-electron chi connectivity index (χ0n) is 13.8. The van der Waals surface area contributed by atoms with E-state index in [-0.39, 0.29) is 17.6 Å². The second-order valence-corrected chi connectivity index (χ2v) is 7.66. The van der Waals surface area contributed by atoms with E-state index in [0.717, 1.165) is 11.3 Å². The van der Waals surface area contributed by atoms with Crippen LogP contribution in [0.25, 0.3) is 0 Å². The van der Waals surface area contributed by atoms with Crippen molar-refractivity contribution in [2.45, 2.75) is 19.1 Å². The molecule has 2 rings (SSSR count). The molecule has 132 valence electrons. The van der Waals surface area contributed by atoms with Crippen LogP contribution in [0, 0.1) is 6.92 Å². The maximum absolute atomic E-state index is 12.2. The zero-order chi connectivity index (χ0) is 18.4. The molecule has 0 aromatic heterocycles. The van der Waals surface area contributed by atoms with Crippen LogP contribution in [0.2, 0.25) is 10.0 Å². The average Bonchev–Trinajstić information content (AvgIpc) is 2.56. The van der Waals surface area contributed by atoms with Crippen molar-refractivity contribution in [1.82, 2.24) is 0 Å². The molecule has 4 nitrogen and oxygen atoms in total. The number of rotatable bonds is 6. The molecule has 0 fully saturated rings. The third kappa shape index (κ3) is 6.27. The Morgan fingerprint density at radius 2 is 1.88 bits per heavy atom. The summed E-state index contributed by atoms with van der Waals surface area (Å²) in [6.45, 7) is 3.69. The Labute approximate surface area is 161 Å². The van der Waals surface area contributed by atoms with Crippen molar-refractivity contribution in [3.05, 3.63) is 58.1 Å². The van der Waals surface area contributed by atoms with E-state index in [0.29, 0.717) is 15.7 Å². The van der Waals surface area contributed by atoms with Gasteiger partial charge >= 0.3 is 0 Å². The number of aryl methyl sites for hydroxylation is 1. The maximum Gasteiger partial charge on any atom is 0.237 e. The largest absolute Gasteiger partial charge is 0.325 e. The van der Waals surface area contributed by atoms with E-state index in [9.17, 15) is 9.59 Å². The van der Waals surface area contributed by atoms with Gasteiger partial charge < -0.3 is 10.6 Å². The number of amides is 2. The molecule has 0 bridgehead atoms. The van der Waals surface area contributed by atoms with Crippen LogP contribution in [-0.2, 0) is 9.59 Å². The fraction of sp³-hybridized carbons (Fsp3) is 0.222. The SMILES string of the molecule is Cc1cccc(NC(=O)CSC(C)C(=O)Nc2cc(Cl)ccc2Cl)c1. The topological polar surface area (TPSA) is 58.2 Å². The van der Waals surface area contributed by atoms with Crippen molar-refractivity contribution in [2.24, 2.45) is 0 Å². The highest BCUT2D eigenvalue weighted by Crippen LogP contribution is 2.26. The van der Waals surface area contributed by atoms with Gasteiger partial charge in [-0.3, -0.25) is 9.59 Å². The third-order valence-corrected chi connectivity index (χ3v) is 5.03. The van der Waals surface area contributed by atoms with Crippen LogP contribution in [0.4, 0.5) is 11.4 Å². The Kier molecular flexibility index (Phi) is 7.17. The van der Waals surface area contributed by atoms with E-state index >= 15 is 0 Å². The molecule has 1 atom stereocenters. The molecule has 2 aromatic rings. The smallest absolute Gasteiger partial charge is 0.237 e. The number of carbonyl (C=O) groups excluding carboxylic acids is 2. The highest BCUT2D eigenvalue weighted by Gasteiger charge is 2.16. The number of benzene rings is 2. The van der Waals surface area contributed by atoms with E-state index in [1.807, 2.05) is 31.2 Å². The van der Waals surface area contributed by atoms with Gasteiger partial charge in [0.2, 0.25) is 11.8 Å². The van der Waals surface area contributed by atoms with Crippen LogP contribution in [0.3, 0.4) is 0 Å². The molecule has 0 aliphatic carbocycles. The van der Waals surface area contributed by atoms with E-state index in [2.05, 4.69) is 10.6 Å². The fourth-order valence-corrected chi connectivity index (χ4v) is 3.04. The Morgan fingerprint density at radius 3 is 2.60 bits per heavy atom. The van der Waals surface area contributed by atoms with Crippen molar-refractivity contribution in [1.29, 1.82) is 0 Å². The van der Waals surface area contributed by atoms with Gasteiger partial charge in [0.15, 0.2) is 0 Å². The monoisotopic (exact) mass is 396 g/mol. The van der Waals surface area contributed by atoms with Crippen LogP contribution in [0.15, 0.2) is 42.5 Å². The summed E-state index contributed by atoms with van der Waals surface area (Å²) in [5.41, 5.74) is 2.26. The molecule has 0 saturated carbocycles. The molecule has 0 aliphatic heterocycles. The number of nitrogens with one attached hydrogen (secondary N) is 2. The number of halogens is 2. The number of carbonyl (C=O) groups is 2. The lowest BCUT2D eigenvalue weighted by atomic mass is 10.2. The predicted molar refractivity (Wildman–Crippen MR) is 107 cm³/mol. The molecule has 2 aromatic carbocycles. The Hall–Kier alpha value is -1.69. The van der Waals surface area contributed by atoms with Crippen molar-refractivity contribution < 1.29 is 9.59 Å². The van der Waals surface area contributed by atoms with Crippen molar-refractivity contribution in [2.75, 3.05) is 16.4 Å². The normalized spacial score (nSPS) is 11.7. The summed E-state index contributed by atoms with van der Waals surface area (Å²) in [5.74, 6) is -0.222. The summed E-state index contributed by atoms with van der Waals surface area (Å²) in [5, 5.41) is 6.01. The minimum Gasteiger partial charge on any atom is -0.325 e. The standard InChI is InChI=1S/C18H18Cl2N2O2S/c1-11-4-3-5-14(8-11)21-17(23)10-25-12(2)18(24)22-16-9-13(19)6-7-15(16)20/h3-9,12H,10H2,1-2H3,(H,21,23)(H,22,24). The molecule has 1 unspecified atom stereocenters. The molecule has 2 N–H and O–H groups in total. The fourth-order valence-electron chi connectivity index (χ4n) is 2.02. The highest BCUT2D eigenvalue weighted by molar-refractivity contribution is 8.01. The molecule has 0 aliphatic rings. The maximum atomic E-state index is 12.2. The molecule has 7 heteroatoms. The van der Waals surface area contributed by atoms with Crippen LogP contribution in [0.1, 0.15) is 12.5 Å². The molecular weight excluding hydrogens is 379 g/mol. The summed E-state index contributed by atoms with van der Waals surface area (Å²) in [6.07, 6.45) is 0. The van der Waals surface area contributed by atoms with Crippen molar-refractivity contribution in [3.63, 3.8) is 0 Å². The Bertz CT molecular complexity index is 783. The molecular formula is C18H18Cl2N2O2S. The van der Waals surface area contributed by atoms with Crippen LogP contribution in [0.5, 0.6) is 0 Å². The van der Waals surface area contributed by atoms with E-state index in [4.69, 9.17) is 23.2 Å². The lowest BCUT2D eigenvalue weighted by Crippen LogP contribution is -2.25.